The van der Waals surface area contributed by atoms with Crippen molar-refractivity contribution in [3.8, 4) is 5.75 Å². The number of esters is 1. The molecule has 2 N–H and O–H groups in total. The van der Waals surface area contributed by atoms with Crippen LogP contribution in [0.3, 0.4) is 0 Å². The Bertz CT molecular complexity index is 999. The molecular formula is C19H15Cl2NO5. The average molecular weight is 408 g/mol. The van der Waals surface area contributed by atoms with Gasteiger partial charge in [-0.3, -0.25) is 9.59 Å². The largest absolute Gasteiger partial charge is 0.508 e. The number of hydrogen-bond donors (Lipinski definition) is 2. The van der Waals surface area contributed by atoms with Gasteiger partial charge in [-0.15, -0.1) is 0 Å². The number of ether oxygens (including phenoxy) is 1. The topological polar surface area (TPSA) is 88.8 Å². The Kier molecular flexibility index (Phi) is 5.88. The van der Waals surface area contributed by atoms with Crippen LogP contribution in [-0.2, 0) is 27.3 Å². The molecule has 27 heavy (non-hydrogen) atoms. The van der Waals surface area contributed by atoms with Gasteiger partial charge in [0.25, 0.3) is 5.91 Å². The molecule has 2 aromatic carbocycles. The summed E-state index contributed by atoms with van der Waals surface area (Å²) in [5, 5.41) is 13.7. The van der Waals surface area contributed by atoms with Crippen LogP contribution in [0.5, 0.6) is 5.75 Å². The van der Waals surface area contributed by atoms with Gasteiger partial charge in [0.15, 0.2) is 6.61 Å². The number of furan rings is 1. The second-order valence-corrected chi connectivity index (χ2v) is 6.63. The molecule has 0 aliphatic carbocycles. The van der Waals surface area contributed by atoms with Crippen molar-refractivity contribution >= 4 is 46.0 Å². The van der Waals surface area contributed by atoms with E-state index in [0.717, 1.165) is 0 Å². The van der Waals surface area contributed by atoms with Gasteiger partial charge in [0.1, 0.15) is 11.3 Å². The van der Waals surface area contributed by atoms with E-state index in [0.29, 0.717) is 32.1 Å². The molecule has 1 heterocycles. The van der Waals surface area contributed by atoms with Crippen LogP contribution < -0.4 is 5.32 Å². The van der Waals surface area contributed by atoms with E-state index in [1.54, 1.807) is 24.3 Å². The molecule has 0 atom stereocenters. The van der Waals surface area contributed by atoms with Crippen molar-refractivity contribution in [2.45, 2.75) is 13.0 Å². The van der Waals surface area contributed by atoms with Crippen molar-refractivity contribution in [1.82, 2.24) is 5.32 Å². The number of carbonyl (C=O) groups is 2. The molecule has 8 heteroatoms. The Balaban J connectivity index is 1.49. The van der Waals surface area contributed by atoms with Crippen LogP contribution in [-0.4, -0.2) is 23.6 Å². The molecule has 0 bridgehead atoms. The number of phenols is 1. The minimum atomic E-state index is -0.564. The minimum Gasteiger partial charge on any atom is -0.508 e. The number of fused-ring (bicyclic) bond motifs is 1. The van der Waals surface area contributed by atoms with Gasteiger partial charge in [0, 0.05) is 33.6 Å². The first-order chi connectivity index (χ1) is 12.9. The Morgan fingerprint density at radius 2 is 1.93 bits per heavy atom. The van der Waals surface area contributed by atoms with E-state index in [1.165, 1.54) is 18.4 Å². The molecule has 3 aromatic rings. The lowest BCUT2D eigenvalue weighted by atomic mass is 10.1. The summed E-state index contributed by atoms with van der Waals surface area (Å²) in [6, 6.07) is 9.57. The predicted octanol–water partition coefficient (Wildman–Crippen LogP) is 3.85. The number of hydrogen-bond acceptors (Lipinski definition) is 5. The van der Waals surface area contributed by atoms with E-state index in [-0.39, 0.29) is 18.7 Å². The van der Waals surface area contributed by atoms with Crippen LogP contribution in [0, 0.1) is 0 Å². The molecule has 0 spiro atoms. The third kappa shape index (κ3) is 4.93. The van der Waals surface area contributed by atoms with Gasteiger partial charge >= 0.3 is 5.97 Å². The maximum Gasteiger partial charge on any atom is 0.310 e. The lowest BCUT2D eigenvalue weighted by Crippen LogP contribution is -2.28. The highest BCUT2D eigenvalue weighted by Crippen LogP contribution is 2.25. The predicted molar refractivity (Wildman–Crippen MR) is 101 cm³/mol. The molecule has 140 valence electrons. The molecule has 0 aliphatic heterocycles. The zero-order valence-corrected chi connectivity index (χ0v) is 15.5. The molecule has 3 rings (SSSR count). The van der Waals surface area contributed by atoms with Gasteiger partial charge in [0.05, 0.1) is 12.7 Å². The van der Waals surface area contributed by atoms with Crippen molar-refractivity contribution in [3.05, 3.63) is 63.8 Å². The van der Waals surface area contributed by atoms with Gasteiger partial charge in [0.2, 0.25) is 0 Å². The second-order valence-electron chi connectivity index (χ2n) is 5.79. The molecular weight excluding hydrogens is 393 g/mol. The molecule has 0 radical (unpaired) electrons. The maximum absolute atomic E-state index is 12.0. The number of halogens is 2. The van der Waals surface area contributed by atoms with Gasteiger partial charge in [-0.1, -0.05) is 29.3 Å². The van der Waals surface area contributed by atoms with E-state index in [4.69, 9.17) is 32.4 Å². The quantitative estimate of drug-likeness (QED) is 0.605. The second kappa shape index (κ2) is 8.33. The van der Waals surface area contributed by atoms with Crippen LogP contribution in [0.4, 0.5) is 0 Å². The summed E-state index contributed by atoms with van der Waals surface area (Å²) in [4.78, 5) is 23.8. The molecule has 1 aromatic heterocycles. The number of rotatable bonds is 6. The highest BCUT2D eigenvalue weighted by molar-refractivity contribution is 6.35. The van der Waals surface area contributed by atoms with Crippen molar-refractivity contribution in [2.75, 3.05) is 6.61 Å². The lowest BCUT2D eigenvalue weighted by Gasteiger charge is -2.08. The molecule has 0 fully saturated rings. The van der Waals surface area contributed by atoms with Crippen molar-refractivity contribution in [1.29, 1.82) is 0 Å². The summed E-state index contributed by atoms with van der Waals surface area (Å²) in [5.74, 6) is -0.940. The van der Waals surface area contributed by atoms with Gasteiger partial charge in [-0.2, -0.15) is 0 Å². The highest BCUT2D eigenvalue weighted by Gasteiger charge is 2.13. The first-order valence-electron chi connectivity index (χ1n) is 7.97. The van der Waals surface area contributed by atoms with Crippen molar-refractivity contribution in [2.24, 2.45) is 0 Å². The molecule has 1 amide bonds. The first-order valence-corrected chi connectivity index (χ1v) is 8.73. The zero-order chi connectivity index (χ0) is 19.4. The number of amides is 1. The fourth-order valence-corrected chi connectivity index (χ4v) is 2.95. The Morgan fingerprint density at radius 3 is 2.70 bits per heavy atom. The van der Waals surface area contributed by atoms with Crippen molar-refractivity contribution < 1.29 is 23.8 Å². The fraction of sp³-hybridized carbons (Fsp3) is 0.158. The Labute approximate surface area is 164 Å². The molecule has 6 nitrogen and oxygen atoms in total. The molecule has 0 saturated carbocycles. The average Bonchev–Trinajstić information content (AvgIpc) is 3.01. The van der Waals surface area contributed by atoms with E-state index in [2.05, 4.69) is 5.32 Å². The third-order valence-corrected chi connectivity index (χ3v) is 4.42. The molecule has 0 saturated heterocycles. The summed E-state index contributed by atoms with van der Waals surface area (Å²) in [6.45, 7) is -0.205. The van der Waals surface area contributed by atoms with E-state index < -0.39 is 18.5 Å². The normalized spacial score (nSPS) is 10.7. The summed E-state index contributed by atoms with van der Waals surface area (Å²) in [5.41, 5.74) is 1.78. The molecule has 0 aliphatic rings. The minimum absolute atomic E-state index is 0.0476. The SMILES string of the molecule is O=C(COC(=O)Cc1coc2cc(O)ccc12)NCc1ccc(Cl)cc1Cl. The number of aromatic hydroxyl groups is 1. The number of benzene rings is 2. The Hall–Kier alpha value is -2.70. The lowest BCUT2D eigenvalue weighted by molar-refractivity contribution is -0.147. The van der Waals surface area contributed by atoms with Crippen LogP contribution in [0.1, 0.15) is 11.1 Å². The summed E-state index contributed by atoms with van der Waals surface area (Å²) in [6.07, 6.45) is 1.38. The number of carbonyl (C=O) groups excluding carboxylic acids is 2. The van der Waals surface area contributed by atoms with E-state index >= 15 is 0 Å². The van der Waals surface area contributed by atoms with Gasteiger partial charge < -0.3 is 19.6 Å². The monoisotopic (exact) mass is 407 g/mol. The third-order valence-electron chi connectivity index (χ3n) is 3.83. The Morgan fingerprint density at radius 1 is 1.11 bits per heavy atom. The highest BCUT2D eigenvalue weighted by atomic mass is 35.5. The maximum atomic E-state index is 12.0. The zero-order valence-electron chi connectivity index (χ0n) is 14.0. The molecule has 0 unspecified atom stereocenters. The summed E-state index contributed by atoms with van der Waals surface area (Å²) < 4.78 is 10.3. The van der Waals surface area contributed by atoms with Gasteiger partial charge in [-0.05, 0) is 29.8 Å². The number of nitrogens with one attached hydrogen (secondary N) is 1. The van der Waals surface area contributed by atoms with Crippen LogP contribution >= 0.6 is 23.2 Å². The van der Waals surface area contributed by atoms with E-state index in [9.17, 15) is 14.7 Å². The van der Waals surface area contributed by atoms with Crippen LogP contribution in [0.2, 0.25) is 10.0 Å². The first kappa shape index (κ1) is 19.1. The van der Waals surface area contributed by atoms with Crippen molar-refractivity contribution in [3.63, 3.8) is 0 Å². The number of phenolic OH excluding ortho intramolecular Hbond substituents is 1. The fourth-order valence-electron chi connectivity index (χ4n) is 2.47. The standard InChI is InChI=1S/C19H15Cl2NO5/c20-13-2-1-11(16(21)6-13)8-22-18(24)10-27-19(25)5-12-9-26-17-7-14(23)3-4-15(12)17/h1-4,6-7,9,23H,5,8,10H2,(H,22,24). The van der Waals surface area contributed by atoms with E-state index in [1.807, 2.05) is 0 Å². The van der Waals surface area contributed by atoms with Gasteiger partial charge in [-0.25, -0.2) is 0 Å². The van der Waals surface area contributed by atoms with Crippen LogP contribution in [0.15, 0.2) is 47.1 Å². The summed E-state index contributed by atoms with van der Waals surface area (Å²) in [7, 11) is 0. The van der Waals surface area contributed by atoms with Crippen LogP contribution in [0.25, 0.3) is 11.0 Å². The smallest absolute Gasteiger partial charge is 0.310 e. The summed E-state index contributed by atoms with van der Waals surface area (Å²) >= 11 is 11.9.